The number of nitrogens with zero attached hydrogens (tertiary/aromatic N) is 1. The molecular weight excluding hydrogens is 180 g/mol. The fourth-order valence-electron chi connectivity index (χ4n) is 2.74. The second kappa shape index (κ2) is 3.77. The van der Waals surface area contributed by atoms with Crippen molar-refractivity contribution in [1.82, 2.24) is 10.2 Å². The molecule has 2 heterocycles. The summed E-state index contributed by atoms with van der Waals surface area (Å²) < 4.78 is 4.78. The van der Waals surface area contributed by atoms with Crippen LogP contribution in [0.4, 0.5) is 4.79 Å². The first-order valence-electron chi connectivity index (χ1n) is 5.29. The lowest BCUT2D eigenvalue weighted by molar-refractivity contribution is 0.117. The van der Waals surface area contributed by atoms with Crippen molar-refractivity contribution in [3.63, 3.8) is 0 Å². The number of methoxy groups -OCH3 is 1. The molecule has 2 rings (SSSR count). The average molecular weight is 198 g/mol. The van der Waals surface area contributed by atoms with Crippen LogP contribution in [0.15, 0.2) is 0 Å². The zero-order chi connectivity index (χ0) is 10.1. The Labute approximate surface area is 84.6 Å². The number of likely N-dealkylation sites (tertiary alicyclic amines) is 1. The Kier molecular flexibility index (Phi) is 2.63. The first kappa shape index (κ1) is 9.77. The summed E-state index contributed by atoms with van der Waals surface area (Å²) in [5.74, 6) is 1.29. The Bertz CT molecular complexity index is 232. The zero-order valence-electron chi connectivity index (χ0n) is 8.82. The molecule has 1 N–H and O–H groups in total. The second-order valence-corrected chi connectivity index (χ2v) is 4.28. The van der Waals surface area contributed by atoms with E-state index in [4.69, 9.17) is 4.74 Å². The Morgan fingerprint density at radius 3 is 3.00 bits per heavy atom. The van der Waals surface area contributed by atoms with Gasteiger partial charge in [0.05, 0.1) is 7.11 Å². The Hall–Kier alpha value is -0.770. The van der Waals surface area contributed by atoms with E-state index < -0.39 is 0 Å². The van der Waals surface area contributed by atoms with Crippen LogP contribution in [0, 0.1) is 11.8 Å². The summed E-state index contributed by atoms with van der Waals surface area (Å²) in [5, 5.41) is 3.39. The maximum atomic E-state index is 11.5. The number of hydrogen-bond acceptors (Lipinski definition) is 3. The van der Waals surface area contributed by atoms with Crippen LogP contribution in [0.5, 0.6) is 0 Å². The van der Waals surface area contributed by atoms with Crippen molar-refractivity contribution in [2.24, 2.45) is 11.8 Å². The van der Waals surface area contributed by atoms with Gasteiger partial charge >= 0.3 is 6.09 Å². The molecule has 0 radical (unpaired) electrons. The standard InChI is InChI=1S/C10H18N2O2/c1-7-9-5-11-4-3-8(9)6-12(7)10(13)14-2/h7-9,11H,3-6H2,1-2H3. The third-order valence-electron chi connectivity index (χ3n) is 3.63. The van der Waals surface area contributed by atoms with Gasteiger partial charge in [-0.05, 0) is 31.7 Å². The van der Waals surface area contributed by atoms with Gasteiger partial charge in [0.1, 0.15) is 0 Å². The molecule has 0 aliphatic carbocycles. The molecule has 3 atom stereocenters. The summed E-state index contributed by atoms with van der Waals surface area (Å²) in [5.41, 5.74) is 0. The normalized spacial score (nSPS) is 36.7. The van der Waals surface area contributed by atoms with Crippen LogP contribution in [0.25, 0.3) is 0 Å². The van der Waals surface area contributed by atoms with Crippen molar-refractivity contribution in [3.8, 4) is 0 Å². The lowest BCUT2D eigenvalue weighted by Gasteiger charge is -2.27. The van der Waals surface area contributed by atoms with Crippen molar-refractivity contribution < 1.29 is 9.53 Å². The molecular formula is C10H18N2O2. The van der Waals surface area contributed by atoms with Gasteiger partial charge in [0, 0.05) is 19.1 Å². The number of fused-ring (bicyclic) bond motifs is 1. The Morgan fingerprint density at radius 2 is 2.36 bits per heavy atom. The summed E-state index contributed by atoms with van der Waals surface area (Å²) >= 11 is 0. The third kappa shape index (κ3) is 1.47. The quantitative estimate of drug-likeness (QED) is 0.622. The lowest BCUT2D eigenvalue weighted by Crippen LogP contribution is -2.40. The molecule has 4 heteroatoms. The summed E-state index contributed by atoms with van der Waals surface area (Å²) in [7, 11) is 1.45. The Morgan fingerprint density at radius 1 is 1.57 bits per heavy atom. The van der Waals surface area contributed by atoms with Crippen LogP contribution in [0.1, 0.15) is 13.3 Å². The number of rotatable bonds is 0. The van der Waals surface area contributed by atoms with E-state index in [1.807, 2.05) is 4.90 Å². The molecule has 0 aromatic rings. The van der Waals surface area contributed by atoms with Crippen molar-refractivity contribution >= 4 is 6.09 Å². The van der Waals surface area contributed by atoms with E-state index in [0.29, 0.717) is 17.9 Å². The predicted octanol–water partition coefficient (Wildman–Crippen LogP) is 0.683. The van der Waals surface area contributed by atoms with Crippen LogP contribution in [-0.2, 0) is 4.74 Å². The van der Waals surface area contributed by atoms with Gasteiger partial charge in [0.2, 0.25) is 0 Å². The first-order valence-corrected chi connectivity index (χ1v) is 5.29. The molecule has 1 amide bonds. The van der Waals surface area contributed by atoms with Crippen LogP contribution in [-0.4, -0.2) is 43.8 Å². The zero-order valence-corrected chi connectivity index (χ0v) is 8.82. The number of piperidine rings is 1. The van der Waals surface area contributed by atoms with Gasteiger partial charge in [-0.15, -0.1) is 0 Å². The molecule has 80 valence electrons. The Balaban J connectivity index is 2.06. The molecule has 0 aromatic heterocycles. The smallest absolute Gasteiger partial charge is 0.409 e. The minimum atomic E-state index is -0.174. The minimum absolute atomic E-state index is 0.174. The first-order chi connectivity index (χ1) is 6.74. The van der Waals surface area contributed by atoms with Crippen molar-refractivity contribution in [2.45, 2.75) is 19.4 Å². The lowest BCUT2D eigenvalue weighted by atomic mass is 9.86. The fourth-order valence-corrected chi connectivity index (χ4v) is 2.74. The maximum Gasteiger partial charge on any atom is 0.409 e. The van der Waals surface area contributed by atoms with Crippen molar-refractivity contribution in [2.75, 3.05) is 26.7 Å². The molecule has 2 saturated heterocycles. The second-order valence-electron chi connectivity index (χ2n) is 4.28. The van der Waals surface area contributed by atoms with Gasteiger partial charge in [0.25, 0.3) is 0 Å². The fraction of sp³-hybridized carbons (Fsp3) is 0.900. The maximum absolute atomic E-state index is 11.5. The van der Waals surface area contributed by atoms with Crippen LogP contribution >= 0.6 is 0 Å². The van der Waals surface area contributed by atoms with E-state index >= 15 is 0 Å². The summed E-state index contributed by atoms with van der Waals surface area (Å²) in [6, 6.07) is 0.320. The molecule has 14 heavy (non-hydrogen) atoms. The summed E-state index contributed by atoms with van der Waals surface area (Å²) in [4.78, 5) is 13.3. The van der Waals surface area contributed by atoms with Gasteiger partial charge in [-0.25, -0.2) is 4.79 Å². The molecule has 0 aromatic carbocycles. The molecule has 3 unspecified atom stereocenters. The highest BCUT2D eigenvalue weighted by molar-refractivity contribution is 5.68. The van der Waals surface area contributed by atoms with Gasteiger partial charge in [-0.3, -0.25) is 0 Å². The van der Waals surface area contributed by atoms with Crippen LogP contribution in [0.2, 0.25) is 0 Å². The van der Waals surface area contributed by atoms with Gasteiger partial charge in [-0.1, -0.05) is 0 Å². The summed E-state index contributed by atoms with van der Waals surface area (Å²) in [6.45, 7) is 5.12. The minimum Gasteiger partial charge on any atom is -0.453 e. The summed E-state index contributed by atoms with van der Waals surface area (Å²) in [6.07, 6.45) is 1.01. The highest BCUT2D eigenvalue weighted by Gasteiger charge is 2.42. The van der Waals surface area contributed by atoms with Crippen molar-refractivity contribution in [1.29, 1.82) is 0 Å². The molecule has 0 saturated carbocycles. The van der Waals surface area contributed by atoms with E-state index in [9.17, 15) is 4.79 Å². The third-order valence-corrected chi connectivity index (χ3v) is 3.63. The molecule has 0 bridgehead atoms. The van der Waals surface area contributed by atoms with Crippen LogP contribution in [0.3, 0.4) is 0 Å². The molecule has 0 spiro atoms. The molecule has 2 aliphatic rings. The largest absolute Gasteiger partial charge is 0.453 e. The van der Waals surface area contributed by atoms with E-state index in [0.717, 1.165) is 19.6 Å². The van der Waals surface area contributed by atoms with E-state index in [2.05, 4.69) is 12.2 Å². The molecule has 2 fully saturated rings. The molecule has 4 nitrogen and oxygen atoms in total. The number of nitrogens with one attached hydrogen (secondary N) is 1. The number of amides is 1. The molecule has 2 aliphatic heterocycles. The van der Waals surface area contributed by atoms with Gasteiger partial charge in [-0.2, -0.15) is 0 Å². The number of carbonyl (C=O) groups is 1. The monoisotopic (exact) mass is 198 g/mol. The van der Waals surface area contributed by atoms with Gasteiger partial charge < -0.3 is 15.0 Å². The van der Waals surface area contributed by atoms with Crippen molar-refractivity contribution in [3.05, 3.63) is 0 Å². The number of carbonyl (C=O) groups excluding carboxylic acids is 1. The van der Waals surface area contributed by atoms with E-state index in [1.54, 1.807) is 0 Å². The predicted molar refractivity (Wildman–Crippen MR) is 53.0 cm³/mol. The average Bonchev–Trinajstić information content (AvgIpc) is 2.56. The highest BCUT2D eigenvalue weighted by Crippen LogP contribution is 2.33. The van der Waals surface area contributed by atoms with E-state index in [1.165, 1.54) is 13.5 Å². The van der Waals surface area contributed by atoms with E-state index in [-0.39, 0.29) is 6.09 Å². The number of ether oxygens (including phenoxy) is 1. The van der Waals surface area contributed by atoms with Gasteiger partial charge in [0.15, 0.2) is 0 Å². The topological polar surface area (TPSA) is 41.6 Å². The highest BCUT2D eigenvalue weighted by atomic mass is 16.5. The SMILES string of the molecule is COC(=O)N1CC2CCNCC2C1C. The number of hydrogen-bond donors (Lipinski definition) is 1. The van der Waals surface area contributed by atoms with Crippen LogP contribution < -0.4 is 5.32 Å².